The first kappa shape index (κ1) is 19.5. The molecule has 0 N–H and O–H groups in total. The number of ether oxygens (including phenoxy) is 1. The number of benzene rings is 2. The zero-order chi connectivity index (χ0) is 19.9. The second-order valence-electron chi connectivity index (χ2n) is 6.92. The van der Waals surface area contributed by atoms with Gasteiger partial charge in [-0.05, 0) is 84.7 Å². The number of rotatable bonds is 4. The number of aromatic nitrogens is 1. The average Bonchev–Trinajstić information content (AvgIpc) is 3.16. The summed E-state index contributed by atoms with van der Waals surface area (Å²) in [5, 5.41) is 0. The lowest BCUT2D eigenvalue weighted by Crippen LogP contribution is -2.01. The van der Waals surface area contributed by atoms with Crippen LogP contribution in [0.15, 0.2) is 54.7 Å². The lowest BCUT2D eigenvalue weighted by molar-refractivity contribution is -0.191. The molecular formula is C24H23NO3. The molecule has 0 aliphatic heterocycles. The molecule has 0 radical (unpaired) electrons. The Morgan fingerprint density at radius 1 is 0.964 bits per heavy atom. The van der Waals surface area contributed by atoms with Gasteiger partial charge in [0.15, 0.2) is 0 Å². The number of nitrogens with zero attached hydrogens (tertiary/aromatic N) is 1. The van der Waals surface area contributed by atoms with Crippen LogP contribution in [0.1, 0.15) is 34.4 Å². The van der Waals surface area contributed by atoms with Crippen LogP contribution in [-0.2, 0) is 29.0 Å². The van der Waals surface area contributed by atoms with Gasteiger partial charge < -0.3 is 4.74 Å². The van der Waals surface area contributed by atoms with E-state index in [2.05, 4.69) is 61.3 Å². The fourth-order valence-corrected chi connectivity index (χ4v) is 3.70. The number of hydrogen-bond donors (Lipinski definition) is 0. The second kappa shape index (κ2) is 9.12. The predicted molar refractivity (Wildman–Crippen MR) is 107 cm³/mol. The summed E-state index contributed by atoms with van der Waals surface area (Å²) in [6.07, 6.45) is 5.62. The first-order chi connectivity index (χ1) is 13.6. The molecule has 4 rings (SSSR count). The molecule has 1 aliphatic carbocycles. The van der Waals surface area contributed by atoms with Crippen molar-refractivity contribution in [3.8, 4) is 16.9 Å². The molecule has 2 aromatic carbocycles. The Morgan fingerprint density at radius 2 is 1.71 bits per heavy atom. The van der Waals surface area contributed by atoms with Gasteiger partial charge in [0.2, 0.25) is 0 Å². The van der Waals surface area contributed by atoms with Crippen LogP contribution in [0, 0.1) is 13.8 Å². The molecule has 0 unspecified atom stereocenters. The van der Waals surface area contributed by atoms with E-state index in [-0.39, 0.29) is 6.15 Å². The largest absolute Gasteiger partial charge is 0.487 e. The minimum atomic E-state index is 0.250. The van der Waals surface area contributed by atoms with Crippen LogP contribution in [0.5, 0.6) is 5.75 Å². The zero-order valence-corrected chi connectivity index (χ0v) is 16.2. The number of fused-ring (bicyclic) bond motifs is 1. The Kier molecular flexibility index (Phi) is 6.36. The van der Waals surface area contributed by atoms with Gasteiger partial charge in [-0.25, -0.2) is 0 Å². The summed E-state index contributed by atoms with van der Waals surface area (Å²) in [6.45, 7) is 4.77. The normalized spacial score (nSPS) is 11.8. The van der Waals surface area contributed by atoms with Crippen LogP contribution in [0.3, 0.4) is 0 Å². The van der Waals surface area contributed by atoms with Crippen LogP contribution in [0.4, 0.5) is 0 Å². The van der Waals surface area contributed by atoms with Crippen molar-refractivity contribution in [2.75, 3.05) is 0 Å². The van der Waals surface area contributed by atoms with Gasteiger partial charge in [-0.15, -0.1) is 0 Å². The second-order valence-corrected chi connectivity index (χ2v) is 6.92. The highest BCUT2D eigenvalue weighted by Gasteiger charge is 2.19. The third-order valence-corrected chi connectivity index (χ3v) is 5.12. The third-order valence-electron chi connectivity index (χ3n) is 5.12. The fourth-order valence-electron chi connectivity index (χ4n) is 3.70. The molecule has 0 fully saturated rings. The standard InChI is InChI=1S/C23H23NO.CO2/c1-16-7-3-4-10-20(16)22-14-19(13-18-9-5-11-21(18)22)25-15-23-17(2)8-6-12-24-23;2-1-3/h3-4,6-8,10,12-14H,5,9,11,15H2,1-2H3;. The Morgan fingerprint density at radius 3 is 2.46 bits per heavy atom. The van der Waals surface area contributed by atoms with E-state index in [1.165, 1.54) is 46.2 Å². The Bertz CT molecular complexity index is 1000. The van der Waals surface area contributed by atoms with Gasteiger partial charge in [-0.1, -0.05) is 30.3 Å². The monoisotopic (exact) mass is 373 g/mol. The van der Waals surface area contributed by atoms with Crippen molar-refractivity contribution in [3.63, 3.8) is 0 Å². The zero-order valence-electron chi connectivity index (χ0n) is 16.2. The smallest absolute Gasteiger partial charge is 0.373 e. The van der Waals surface area contributed by atoms with Crippen molar-refractivity contribution in [2.45, 2.75) is 39.7 Å². The summed E-state index contributed by atoms with van der Waals surface area (Å²) >= 11 is 0. The third kappa shape index (κ3) is 4.36. The van der Waals surface area contributed by atoms with Crippen LogP contribution in [-0.4, -0.2) is 11.1 Å². The molecule has 1 heterocycles. The molecule has 0 saturated carbocycles. The van der Waals surface area contributed by atoms with Crippen molar-refractivity contribution in [1.82, 2.24) is 4.98 Å². The molecule has 0 saturated heterocycles. The molecule has 0 amide bonds. The Labute approximate surface area is 165 Å². The van der Waals surface area contributed by atoms with Gasteiger partial charge in [0.1, 0.15) is 12.4 Å². The van der Waals surface area contributed by atoms with Crippen LogP contribution in [0.2, 0.25) is 0 Å². The van der Waals surface area contributed by atoms with Crippen LogP contribution in [0.25, 0.3) is 11.1 Å². The topological polar surface area (TPSA) is 56.3 Å². The maximum absolute atomic E-state index is 8.12. The van der Waals surface area contributed by atoms with E-state index < -0.39 is 0 Å². The average molecular weight is 373 g/mol. The number of carbonyl (C=O) groups excluding carboxylic acids is 2. The van der Waals surface area contributed by atoms with Gasteiger partial charge in [0.05, 0.1) is 5.69 Å². The van der Waals surface area contributed by atoms with E-state index in [1.807, 2.05) is 12.3 Å². The number of hydrogen-bond acceptors (Lipinski definition) is 4. The van der Waals surface area contributed by atoms with E-state index >= 15 is 0 Å². The molecular weight excluding hydrogens is 350 g/mol. The summed E-state index contributed by atoms with van der Waals surface area (Å²) in [7, 11) is 0. The molecule has 4 heteroatoms. The first-order valence-corrected chi connectivity index (χ1v) is 9.38. The van der Waals surface area contributed by atoms with E-state index in [1.54, 1.807) is 0 Å². The molecule has 0 atom stereocenters. The van der Waals surface area contributed by atoms with E-state index in [0.29, 0.717) is 6.61 Å². The summed E-state index contributed by atoms with van der Waals surface area (Å²) in [4.78, 5) is 20.7. The van der Waals surface area contributed by atoms with Gasteiger partial charge in [0, 0.05) is 6.20 Å². The molecule has 3 aromatic rings. The molecule has 142 valence electrons. The fraction of sp³-hybridized carbons (Fsp3) is 0.250. The minimum absolute atomic E-state index is 0.250. The van der Waals surface area contributed by atoms with Crippen molar-refractivity contribution in [3.05, 3.63) is 82.7 Å². The molecule has 1 aromatic heterocycles. The van der Waals surface area contributed by atoms with Gasteiger partial charge in [-0.2, -0.15) is 9.59 Å². The highest BCUT2D eigenvalue weighted by molar-refractivity contribution is 5.74. The molecule has 1 aliphatic rings. The lowest BCUT2D eigenvalue weighted by Gasteiger charge is -2.15. The number of aryl methyl sites for hydroxylation is 3. The summed E-state index contributed by atoms with van der Waals surface area (Å²) in [5.41, 5.74) is 9.07. The maximum atomic E-state index is 8.12. The summed E-state index contributed by atoms with van der Waals surface area (Å²) in [6, 6.07) is 17.1. The quantitative estimate of drug-likeness (QED) is 0.656. The van der Waals surface area contributed by atoms with Gasteiger partial charge in [0.25, 0.3) is 0 Å². The van der Waals surface area contributed by atoms with Crippen molar-refractivity contribution < 1.29 is 14.3 Å². The highest BCUT2D eigenvalue weighted by atomic mass is 16.5. The van der Waals surface area contributed by atoms with E-state index in [4.69, 9.17) is 14.3 Å². The Balaban J connectivity index is 0.000000706. The minimum Gasteiger partial charge on any atom is -0.487 e. The SMILES string of the molecule is Cc1ccccc1-c1cc(OCc2ncccc2C)cc2c1CCC2.O=C=O. The molecule has 4 nitrogen and oxygen atoms in total. The lowest BCUT2D eigenvalue weighted by atomic mass is 9.93. The predicted octanol–water partition coefficient (Wildman–Crippen LogP) is 4.85. The molecule has 0 bridgehead atoms. The van der Waals surface area contributed by atoms with Gasteiger partial charge >= 0.3 is 6.15 Å². The van der Waals surface area contributed by atoms with E-state index in [9.17, 15) is 0 Å². The maximum Gasteiger partial charge on any atom is 0.373 e. The first-order valence-electron chi connectivity index (χ1n) is 9.38. The summed E-state index contributed by atoms with van der Waals surface area (Å²) < 4.78 is 6.14. The van der Waals surface area contributed by atoms with Crippen molar-refractivity contribution in [1.29, 1.82) is 0 Å². The highest BCUT2D eigenvalue weighted by Crippen LogP contribution is 2.37. The van der Waals surface area contributed by atoms with Gasteiger partial charge in [-0.3, -0.25) is 4.98 Å². The molecule has 28 heavy (non-hydrogen) atoms. The van der Waals surface area contributed by atoms with Crippen molar-refractivity contribution >= 4 is 6.15 Å². The van der Waals surface area contributed by atoms with Crippen LogP contribution < -0.4 is 4.74 Å². The summed E-state index contributed by atoms with van der Waals surface area (Å²) in [5.74, 6) is 0.948. The Hall–Kier alpha value is -3.23. The van der Waals surface area contributed by atoms with Crippen molar-refractivity contribution in [2.24, 2.45) is 0 Å². The van der Waals surface area contributed by atoms with Crippen LogP contribution >= 0.6 is 0 Å². The number of pyridine rings is 1. The molecule has 0 spiro atoms. The van der Waals surface area contributed by atoms with E-state index in [0.717, 1.165) is 17.9 Å².